The summed E-state index contributed by atoms with van der Waals surface area (Å²) in [6.45, 7) is 2.32. The number of aryl methyl sites for hydroxylation is 1. The van der Waals surface area contributed by atoms with Gasteiger partial charge in [0.25, 0.3) is 5.91 Å². The van der Waals surface area contributed by atoms with Gasteiger partial charge in [-0.1, -0.05) is 15.9 Å². The van der Waals surface area contributed by atoms with Crippen molar-refractivity contribution in [2.75, 3.05) is 6.54 Å². The highest BCUT2D eigenvalue weighted by molar-refractivity contribution is 9.10. The van der Waals surface area contributed by atoms with E-state index in [1.165, 1.54) is 0 Å². The van der Waals surface area contributed by atoms with Crippen molar-refractivity contribution in [1.29, 1.82) is 5.26 Å². The van der Waals surface area contributed by atoms with Crippen LogP contribution < -0.4 is 5.32 Å². The van der Waals surface area contributed by atoms with E-state index in [0.29, 0.717) is 18.5 Å². The second-order valence-corrected chi connectivity index (χ2v) is 4.10. The molecule has 0 heterocycles. The molecule has 0 radical (unpaired) electrons. The maximum Gasteiger partial charge on any atom is 0.251 e. The van der Waals surface area contributed by atoms with Crippen LogP contribution in [0.2, 0.25) is 0 Å². The lowest BCUT2D eigenvalue weighted by atomic mass is 10.1. The maximum absolute atomic E-state index is 11.6. The molecule has 1 aromatic carbocycles. The zero-order chi connectivity index (χ0) is 11.3. The first-order valence-electron chi connectivity index (χ1n) is 4.56. The predicted octanol–water partition coefficient (Wildman–Crippen LogP) is 2.40. The van der Waals surface area contributed by atoms with Crippen LogP contribution in [-0.2, 0) is 0 Å². The summed E-state index contributed by atoms with van der Waals surface area (Å²) in [6, 6.07) is 7.48. The normalized spacial score (nSPS) is 9.40. The van der Waals surface area contributed by atoms with Gasteiger partial charge in [-0.3, -0.25) is 4.79 Å². The second kappa shape index (κ2) is 5.52. The Kier molecular flexibility index (Phi) is 4.32. The Labute approximate surface area is 97.2 Å². The minimum Gasteiger partial charge on any atom is -0.351 e. The van der Waals surface area contributed by atoms with Crippen molar-refractivity contribution >= 4 is 21.8 Å². The van der Waals surface area contributed by atoms with Gasteiger partial charge >= 0.3 is 0 Å². The van der Waals surface area contributed by atoms with Crippen molar-refractivity contribution in [3.05, 3.63) is 33.8 Å². The number of benzene rings is 1. The smallest absolute Gasteiger partial charge is 0.251 e. The molecule has 1 N–H and O–H groups in total. The Morgan fingerprint density at radius 3 is 2.87 bits per heavy atom. The molecule has 3 nitrogen and oxygen atoms in total. The first-order valence-corrected chi connectivity index (χ1v) is 5.35. The van der Waals surface area contributed by atoms with E-state index in [4.69, 9.17) is 5.26 Å². The molecule has 78 valence electrons. The van der Waals surface area contributed by atoms with Crippen molar-refractivity contribution in [3.8, 4) is 6.07 Å². The largest absolute Gasteiger partial charge is 0.351 e. The number of hydrogen-bond donors (Lipinski definition) is 1. The average molecular weight is 267 g/mol. The van der Waals surface area contributed by atoms with Gasteiger partial charge in [0.2, 0.25) is 0 Å². The molecule has 1 aromatic rings. The Morgan fingerprint density at radius 2 is 2.27 bits per heavy atom. The number of halogens is 1. The van der Waals surface area contributed by atoms with Gasteiger partial charge in [-0.05, 0) is 30.7 Å². The van der Waals surface area contributed by atoms with E-state index < -0.39 is 0 Å². The highest BCUT2D eigenvalue weighted by Crippen LogP contribution is 2.15. The molecule has 4 heteroatoms. The third-order valence-corrected chi connectivity index (χ3v) is 2.28. The minimum atomic E-state index is -0.144. The van der Waals surface area contributed by atoms with Gasteiger partial charge in [0, 0.05) is 16.6 Å². The van der Waals surface area contributed by atoms with Crippen molar-refractivity contribution in [1.82, 2.24) is 5.32 Å². The van der Waals surface area contributed by atoms with Gasteiger partial charge in [0.1, 0.15) is 0 Å². The van der Waals surface area contributed by atoms with Crippen LogP contribution in [0.1, 0.15) is 22.3 Å². The lowest BCUT2D eigenvalue weighted by Gasteiger charge is -2.04. The molecule has 0 aliphatic heterocycles. The molecular formula is C11H11BrN2O. The van der Waals surface area contributed by atoms with Crippen LogP contribution in [0.15, 0.2) is 22.7 Å². The fraction of sp³-hybridized carbons (Fsp3) is 0.273. The van der Waals surface area contributed by atoms with Gasteiger partial charge in [-0.25, -0.2) is 0 Å². The quantitative estimate of drug-likeness (QED) is 0.855. The standard InChI is InChI=1S/C11H11BrN2O/c1-8-5-9(7-10(12)6-8)11(15)14-4-2-3-13/h5-7H,2,4H2,1H3,(H,14,15). The summed E-state index contributed by atoms with van der Waals surface area (Å²) >= 11 is 3.33. The fourth-order valence-corrected chi connectivity index (χ4v) is 1.81. The van der Waals surface area contributed by atoms with Gasteiger partial charge in [-0.2, -0.15) is 5.26 Å². The van der Waals surface area contributed by atoms with Crippen LogP contribution in [0.4, 0.5) is 0 Å². The summed E-state index contributed by atoms with van der Waals surface area (Å²) in [5, 5.41) is 11.0. The maximum atomic E-state index is 11.6. The molecule has 15 heavy (non-hydrogen) atoms. The van der Waals surface area contributed by atoms with Crippen molar-refractivity contribution < 1.29 is 4.79 Å². The van der Waals surface area contributed by atoms with Crippen LogP contribution in [0, 0.1) is 18.3 Å². The number of nitrogens with zero attached hydrogens (tertiary/aromatic N) is 1. The number of nitrogens with one attached hydrogen (secondary N) is 1. The Balaban J connectivity index is 2.70. The molecule has 1 rings (SSSR count). The zero-order valence-corrected chi connectivity index (χ0v) is 9.97. The SMILES string of the molecule is Cc1cc(Br)cc(C(=O)NCCC#N)c1. The molecular weight excluding hydrogens is 256 g/mol. The fourth-order valence-electron chi connectivity index (χ4n) is 1.20. The monoisotopic (exact) mass is 266 g/mol. The summed E-state index contributed by atoms with van der Waals surface area (Å²) in [4.78, 5) is 11.6. The third-order valence-electron chi connectivity index (χ3n) is 1.83. The van der Waals surface area contributed by atoms with Crippen molar-refractivity contribution in [3.63, 3.8) is 0 Å². The first-order chi connectivity index (χ1) is 7.13. The molecule has 0 aliphatic rings. The van der Waals surface area contributed by atoms with E-state index >= 15 is 0 Å². The topological polar surface area (TPSA) is 52.9 Å². The van der Waals surface area contributed by atoms with E-state index in [1.54, 1.807) is 6.07 Å². The van der Waals surface area contributed by atoms with E-state index in [2.05, 4.69) is 21.2 Å². The van der Waals surface area contributed by atoms with Crippen LogP contribution in [-0.4, -0.2) is 12.5 Å². The predicted molar refractivity (Wildman–Crippen MR) is 61.4 cm³/mol. The van der Waals surface area contributed by atoms with Gasteiger partial charge in [0.15, 0.2) is 0 Å². The van der Waals surface area contributed by atoms with Crippen LogP contribution in [0.5, 0.6) is 0 Å². The van der Waals surface area contributed by atoms with E-state index in [0.717, 1.165) is 10.0 Å². The van der Waals surface area contributed by atoms with Gasteiger partial charge in [-0.15, -0.1) is 0 Å². The molecule has 0 saturated heterocycles. The minimum absolute atomic E-state index is 0.144. The number of carbonyl (C=O) groups is 1. The van der Waals surface area contributed by atoms with Gasteiger partial charge < -0.3 is 5.32 Å². The third kappa shape index (κ3) is 3.72. The molecule has 1 amide bonds. The van der Waals surface area contributed by atoms with Crippen molar-refractivity contribution in [2.24, 2.45) is 0 Å². The Bertz CT molecular complexity index is 389. The number of amides is 1. The molecule has 0 aliphatic carbocycles. The van der Waals surface area contributed by atoms with Crippen LogP contribution in [0.25, 0.3) is 0 Å². The lowest BCUT2D eigenvalue weighted by molar-refractivity contribution is 0.0954. The molecule has 0 atom stereocenters. The molecule has 0 spiro atoms. The Morgan fingerprint density at radius 1 is 1.53 bits per heavy atom. The van der Waals surface area contributed by atoms with E-state index in [9.17, 15) is 4.79 Å². The highest BCUT2D eigenvalue weighted by Gasteiger charge is 2.05. The second-order valence-electron chi connectivity index (χ2n) is 3.18. The molecule has 0 aromatic heterocycles. The summed E-state index contributed by atoms with van der Waals surface area (Å²) in [6.07, 6.45) is 0.332. The van der Waals surface area contributed by atoms with E-state index in [-0.39, 0.29) is 5.91 Å². The summed E-state index contributed by atoms with van der Waals surface area (Å²) in [5.74, 6) is -0.144. The summed E-state index contributed by atoms with van der Waals surface area (Å²) < 4.78 is 0.882. The molecule has 0 unspecified atom stereocenters. The van der Waals surface area contributed by atoms with Crippen molar-refractivity contribution in [2.45, 2.75) is 13.3 Å². The highest BCUT2D eigenvalue weighted by atomic mass is 79.9. The van der Waals surface area contributed by atoms with Crippen LogP contribution >= 0.6 is 15.9 Å². The molecule has 0 bridgehead atoms. The van der Waals surface area contributed by atoms with Gasteiger partial charge in [0.05, 0.1) is 12.5 Å². The number of nitriles is 1. The summed E-state index contributed by atoms with van der Waals surface area (Å²) in [5.41, 5.74) is 1.63. The number of hydrogen-bond acceptors (Lipinski definition) is 2. The molecule has 0 saturated carbocycles. The summed E-state index contributed by atoms with van der Waals surface area (Å²) in [7, 11) is 0. The first kappa shape index (κ1) is 11.7. The van der Waals surface area contributed by atoms with Crippen LogP contribution in [0.3, 0.4) is 0 Å². The Hall–Kier alpha value is -1.34. The average Bonchev–Trinajstić information content (AvgIpc) is 2.16. The zero-order valence-electron chi connectivity index (χ0n) is 8.38. The molecule has 0 fully saturated rings. The lowest BCUT2D eigenvalue weighted by Crippen LogP contribution is -2.24. The number of carbonyl (C=O) groups excluding carboxylic acids is 1. The number of rotatable bonds is 3. The van der Waals surface area contributed by atoms with E-state index in [1.807, 2.05) is 25.1 Å².